The molecule has 4 nitrogen and oxygen atoms in total. The van der Waals surface area contributed by atoms with Crippen molar-refractivity contribution in [3.05, 3.63) is 57.4 Å². The number of nitrogens with one attached hydrogen (secondary N) is 1. The van der Waals surface area contributed by atoms with E-state index in [2.05, 4.69) is 29.4 Å². The molecule has 0 aliphatic rings. The minimum atomic E-state index is -0.134. The molecule has 0 atom stereocenters. The molecule has 122 valence electrons. The van der Waals surface area contributed by atoms with Gasteiger partial charge < -0.3 is 10.4 Å². The molecule has 0 saturated carbocycles. The Hall–Kier alpha value is -2.20. The molecule has 1 amide bonds. The van der Waals surface area contributed by atoms with Gasteiger partial charge in [0.1, 0.15) is 0 Å². The lowest BCUT2D eigenvalue weighted by Gasteiger charge is -2.15. The number of carbonyl (C=O) groups is 1. The van der Waals surface area contributed by atoms with Crippen LogP contribution in [0, 0.1) is 34.6 Å². The summed E-state index contributed by atoms with van der Waals surface area (Å²) in [7, 11) is 0. The molecule has 0 radical (unpaired) electrons. The number of amides is 1. The standard InChI is InChI=1S/C19H24N2O2/c1-11-6-12(2)16(13(3)7-11)8-18(23)21-19-14(4)9-20-17(10-22)15(19)5/h6-7,9,22H,8,10H2,1-5H3,(H,20,21,23). The number of aliphatic hydroxyl groups excluding tert-OH is 1. The van der Waals surface area contributed by atoms with Gasteiger partial charge in [-0.15, -0.1) is 0 Å². The van der Waals surface area contributed by atoms with Crippen LogP contribution in [0.1, 0.15) is 39.1 Å². The van der Waals surface area contributed by atoms with E-state index in [1.807, 2.05) is 27.7 Å². The van der Waals surface area contributed by atoms with Gasteiger partial charge in [0, 0.05) is 6.20 Å². The van der Waals surface area contributed by atoms with Crippen molar-refractivity contribution in [2.75, 3.05) is 5.32 Å². The largest absolute Gasteiger partial charge is 0.390 e. The van der Waals surface area contributed by atoms with E-state index in [1.165, 1.54) is 5.56 Å². The van der Waals surface area contributed by atoms with Crippen molar-refractivity contribution in [2.24, 2.45) is 0 Å². The first-order valence-corrected chi connectivity index (χ1v) is 7.76. The van der Waals surface area contributed by atoms with Crippen molar-refractivity contribution in [3.8, 4) is 0 Å². The van der Waals surface area contributed by atoms with Crippen LogP contribution >= 0.6 is 0 Å². The average Bonchev–Trinajstić information content (AvgIpc) is 2.47. The van der Waals surface area contributed by atoms with E-state index < -0.39 is 0 Å². The predicted molar refractivity (Wildman–Crippen MR) is 92.6 cm³/mol. The number of pyridine rings is 1. The summed E-state index contributed by atoms with van der Waals surface area (Å²) in [4.78, 5) is 16.7. The smallest absolute Gasteiger partial charge is 0.228 e. The summed E-state index contributed by atoms with van der Waals surface area (Å²) >= 11 is 0. The van der Waals surface area contributed by atoms with Crippen LogP contribution in [0.15, 0.2) is 18.3 Å². The van der Waals surface area contributed by atoms with Crippen molar-refractivity contribution < 1.29 is 9.90 Å². The van der Waals surface area contributed by atoms with Crippen LogP contribution in [0.25, 0.3) is 0 Å². The molecule has 0 bridgehead atoms. The highest BCUT2D eigenvalue weighted by Crippen LogP contribution is 2.23. The molecule has 0 aliphatic carbocycles. The summed E-state index contributed by atoms with van der Waals surface area (Å²) in [5, 5.41) is 12.3. The maximum atomic E-state index is 12.5. The van der Waals surface area contributed by atoms with Crippen LogP contribution in [0.5, 0.6) is 0 Å². The molecule has 0 spiro atoms. The summed E-state index contributed by atoms with van der Waals surface area (Å²) in [6, 6.07) is 4.20. The zero-order chi connectivity index (χ0) is 17.1. The van der Waals surface area contributed by atoms with E-state index in [1.54, 1.807) is 6.20 Å². The Labute approximate surface area is 137 Å². The Kier molecular flexibility index (Phi) is 5.16. The van der Waals surface area contributed by atoms with Crippen molar-refractivity contribution in [1.82, 2.24) is 4.98 Å². The van der Waals surface area contributed by atoms with E-state index >= 15 is 0 Å². The highest BCUT2D eigenvalue weighted by molar-refractivity contribution is 5.94. The molecular weight excluding hydrogens is 288 g/mol. The average molecular weight is 312 g/mol. The lowest BCUT2D eigenvalue weighted by molar-refractivity contribution is -0.115. The van der Waals surface area contributed by atoms with E-state index in [0.29, 0.717) is 12.1 Å². The number of aryl methyl sites for hydroxylation is 4. The second-order valence-electron chi connectivity index (χ2n) is 6.15. The third-order valence-corrected chi connectivity index (χ3v) is 4.21. The molecule has 23 heavy (non-hydrogen) atoms. The van der Waals surface area contributed by atoms with Gasteiger partial charge in [-0.05, 0) is 62.4 Å². The number of aliphatic hydroxyl groups is 1. The predicted octanol–water partition coefficient (Wildman–Crippen LogP) is 3.30. The summed E-state index contributed by atoms with van der Waals surface area (Å²) in [6.07, 6.45) is 2.02. The zero-order valence-electron chi connectivity index (χ0n) is 14.4. The number of rotatable bonds is 4. The Morgan fingerprint density at radius 1 is 1.09 bits per heavy atom. The minimum Gasteiger partial charge on any atom is -0.390 e. The van der Waals surface area contributed by atoms with Crippen molar-refractivity contribution in [1.29, 1.82) is 0 Å². The number of hydrogen-bond acceptors (Lipinski definition) is 3. The van der Waals surface area contributed by atoms with Crippen molar-refractivity contribution in [3.63, 3.8) is 0 Å². The van der Waals surface area contributed by atoms with E-state index in [0.717, 1.165) is 33.5 Å². The molecule has 2 N–H and O–H groups in total. The third-order valence-electron chi connectivity index (χ3n) is 4.21. The fourth-order valence-corrected chi connectivity index (χ4v) is 2.96. The van der Waals surface area contributed by atoms with Gasteiger partial charge in [0.05, 0.1) is 24.4 Å². The maximum absolute atomic E-state index is 12.5. The second kappa shape index (κ2) is 6.92. The van der Waals surface area contributed by atoms with E-state index in [4.69, 9.17) is 0 Å². The van der Waals surface area contributed by atoms with Crippen molar-refractivity contribution in [2.45, 2.75) is 47.6 Å². The maximum Gasteiger partial charge on any atom is 0.228 e. The molecule has 2 rings (SSSR count). The molecule has 4 heteroatoms. The Balaban J connectivity index is 2.25. The van der Waals surface area contributed by atoms with Gasteiger partial charge in [0.2, 0.25) is 5.91 Å². The molecular formula is C19H24N2O2. The van der Waals surface area contributed by atoms with Gasteiger partial charge in [0.15, 0.2) is 0 Å². The molecule has 1 aromatic carbocycles. The van der Waals surface area contributed by atoms with Gasteiger partial charge in [-0.25, -0.2) is 0 Å². The number of hydrogen-bond donors (Lipinski definition) is 2. The summed E-state index contributed by atoms with van der Waals surface area (Å²) in [5.41, 5.74) is 7.60. The molecule has 0 unspecified atom stereocenters. The number of anilines is 1. The van der Waals surface area contributed by atoms with Crippen LogP contribution in [0.4, 0.5) is 5.69 Å². The molecule has 0 saturated heterocycles. The minimum absolute atomic E-state index is 0.0543. The normalized spacial score (nSPS) is 10.7. The number of nitrogens with zero attached hydrogens (tertiary/aromatic N) is 1. The molecule has 1 aromatic heterocycles. The molecule has 2 aromatic rings. The number of benzene rings is 1. The Morgan fingerprint density at radius 3 is 2.26 bits per heavy atom. The van der Waals surface area contributed by atoms with Crippen molar-refractivity contribution >= 4 is 11.6 Å². The molecule has 0 aliphatic heterocycles. The quantitative estimate of drug-likeness (QED) is 0.910. The second-order valence-corrected chi connectivity index (χ2v) is 6.15. The highest BCUT2D eigenvalue weighted by atomic mass is 16.3. The fraction of sp³-hybridized carbons (Fsp3) is 0.368. The molecule has 0 fully saturated rings. The number of carbonyl (C=O) groups excluding carboxylic acids is 1. The first-order chi connectivity index (χ1) is 10.8. The summed E-state index contributed by atoms with van der Waals surface area (Å²) in [5.74, 6) is -0.0543. The van der Waals surface area contributed by atoms with Crippen LogP contribution in [0.3, 0.4) is 0 Å². The third kappa shape index (κ3) is 3.77. The van der Waals surface area contributed by atoms with Crippen LogP contribution in [-0.2, 0) is 17.8 Å². The lowest BCUT2D eigenvalue weighted by Crippen LogP contribution is -2.18. The van der Waals surface area contributed by atoms with E-state index in [9.17, 15) is 9.90 Å². The van der Waals surface area contributed by atoms with Gasteiger partial charge >= 0.3 is 0 Å². The lowest BCUT2D eigenvalue weighted by atomic mass is 9.97. The van der Waals surface area contributed by atoms with Gasteiger partial charge in [0.25, 0.3) is 0 Å². The fourth-order valence-electron chi connectivity index (χ4n) is 2.96. The molecule has 1 heterocycles. The summed E-state index contributed by atoms with van der Waals surface area (Å²) < 4.78 is 0. The first kappa shape index (κ1) is 17.2. The zero-order valence-corrected chi connectivity index (χ0v) is 14.4. The van der Waals surface area contributed by atoms with Crippen LogP contribution in [0.2, 0.25) is 0 Å². The monoisotopic (exact) mass is 312 g/mol. The van der Waals surface area contributed by atoms with Gasteiger partial charge in [-0.1, -0.05) is 17.7 Å². The van der Waals surface area contributed by atoms with Crippen LogP contribution in [-0.4, -0.2) is 16.0 Å². The topological polar surface area (TPSA) is 62.2 Å². The summed E-state index contributed by atoms with van der Waals surface area (Å²) in [6.45, 7) is 9.77. The van der Waals surface area contributed by atoms with Gasteiger partial charge in [-0.2, -0.15) is 0 Å². The SMILES string of the molecule is Cc1cc(C)c(CC(=O)Nc2c(C)cnc(CO)c2C)c(C)c1. The van der Waals surface area contributed by atoms with Crippen LogP contribution < -0.4 is 5.32 Å². The Morgan fingerprint density at radius 2 is 1.70 bits per heavy atom. The highest BCUT2D eigenvalue weighted by Gasteiger charge is 2.14. The van der Waals surface area contributed by atoms with E-state index in [-0.39, 0.29) is 12.5 Å². The Bertz CT molecular complexity index is 728. The number of aromatic nitrogens is 1. The first-order valence-electron chi connectivity index (χ1n) is 7.76. The van der Waals surface area contributed by atoms with Gasteiger partial charge in [-0.3, -0.25) is 9.78 Å².